The van der Waals surface area contributed by atoms with E-state index in [4.69, 9.17) is 0 Å². The molecule has 2 heteroatoms. The lowest BCUT2D eigenvalue weighted by Crippen LogP contribution is -2.50. The van der Waals surface area contributed by atoms with E-state index < -0.39 is 0 Å². The van der Waals surface area contributed by atoms with Crippen LogP contribution in [0.15, 0.2) is 0 Å². The molecule has 0 aromatic carbocycles. The van der Waals surface area contributed by atoms with Crippen molar-refractivity contribution in [3.8, 4) is 0 Å². The van der Waals surface area contributed by atoms with Gasteiger partial charge in [-0.05, 0) is 62.9 Å². The summed E-state index contributed by atoms with van der Waals surface area (Å²) in [4.78, 5) is 2.85. The van der Waals surface area contributed by atoms with Crippen molar-refractivity contribution in [2.45, 2.75) is 70.9 Å². The van der Waals surface area contributed by atoms with E-state index in [2.05, 4.69) is 24.1 Å². The highest BCUT2D eigenvalue weighted by Crippen LogP contribution is 2.42. The van der Waals surface area contributed by atoms with Crippen LogP contribution in [-0.4, -0.2) is 36.6 Å². The van der Waals surface area contributed by atoms with Gasteiger partial charge in [0.25, 0.3) is 0 Å². The molecule has 1 N–H and O–H groups in total. The molecule has 0 amide bonds. The Morgan fingerprint density at radius 3 is 2.61 bits per heavy atom. The first kappa shape index (κ1) is 12.9. The second-order valence-corrected chi connectivity index (χ2v) is 7.50. The Morgan fingerprint density at radius 1 is 1.06 bits per heavy atom. The number of hydrogen-bond acceptors (Lipinski definition) is 2. The minimum absolute atomic E-state index is 0.561. The number of nitrogens with one attached hydrogen (secondary N) is 1. The third-order valence-electron chi connectivity index (χ3n) is 5.80. The molecule has 2 saturated heterocycles. The molecule has 2 nitrogen and oxygen atoms in total. The van der Waals surface area contributed by atoms with Gasteiger partial charge in [-0.15, -0.1) is 0 Å². The second-order valence-electron chi connectivity index (χ2n) is 7.50. The maximum atomic E-state index is 3.73. The van der Waals surface area contributed by atoms with Crippen LogP contribution >= 0.6 is 0 Å². The maximum Gasteiger partial charge on any atom is 0.0146 e. The molecule has 18 heavy (non-hydrogen) atoms. The highest BCUT2D eigenvalue weighted by atomic mass is 15.2. The van der Waals surface area contributed by atoms with E-state index >= 15 is 0 Å². The number of hydrogen-bond donors (Lipinski definition) is 1. The van der Waals surface area contributed by atoms with E-state index in [1.54, 1.807) is 0 Å². The topological polar surface area (TPSA) is 15.3 Å². The van der Waals surface area contributed by atoms with E-state index in [1.807, 2.05) is 0 Å². The molecule has 2 aliphatic heterocycles. The third-order valence-corrected chi connectivity index (χ3v) is 5.80. The summed E-state index contributed by atoms with van der Waals surface area (Å²) in [6.45, 7) is 8.96. The van der Waals surface area contributed by atoms with Crippen LogP contribution in [0.4, 0.5) is 0 Å². The minimum Gasteiger partial charge on any atom is -0.314 e. The molecule has 1 aliphatic carbocycles. The number of likely N-dealkylation sites (tertiary alicyclic amines) is 1. The monoisotopic (exact) mass is 250 g/mol. The molecular weight excluding hydrogens is 220 g/mol. The predicted molar refractivity (Wildman–Crippen MR) is 76.7 cm³/mol. The molecule has 3 aliphatic rings. The largest absolute Gasteiger partial charge is 0.314 e. The summed E-state index contributed by atoms with van der Waals surface area (Å²) < 4.78 is 0. The lowest BCUT2D eigenvalue weighted by Gasteiger charge is -2.43. The fourth-order valence-corrected chi connectivity index (χ4v) is 4.75. The third kappa shape index (κ3) is 2.46. The SMILES string of the molecule is CC1(C)CCCC1N1CCCC(C2CCCN2)C1. The Hall–Kier alpha value is -0.0800. The molecule has 2 heterocycles. The van der Waals surface area contributed by atoms with Gasteiger partial charge in [0.15, 0.2) is 0 Å². The summed E-state index contributed by atoms with van der Waals surface area (Å²) in [6, 6.07) is 1.69. The van der Waals surface area contributed by atoms with Crippen molar-refractivity contribution >= 4 is 0 Å². The van der Waals surface area contributed by atoms with Crippen LogP contribution < -0.4 is 5.32 Å². The number of nitrogens with zero attached hydrogens (tertiary/aromatic N) is 1. The zero-order chi connectivity index (χ0) is 12.6. The van der Waals surface area contributed by atoms with Crippen molar-refractivity contribution in [2.24, 2.45) is 11.3 Å². The highest BCUT2D eigenvalue weighted by Gasteiger charge is 2.40. The van der Waals surface area contributed by atoms with Crippen molar-refractivity contribution in [3.63, 3.8) is 0 Å². The van der Waals surface area contributed by atoms with Gasteiger partial charge in [-0.3, -0.25) is 4.90 Å². The van der Waals surface area contributed by atoms with Crippen LogP contribution in [0, 0.1) is 11.3 Å². The highest BCUT2D eigenvalue weighted by molar-refractivity contribution is 4.95. The van der Waals surface area contributed by atoms with Gasteiger partial charge in [-0.2, -0.15) is 0 Å². The molecule has 0 aromatic heterocycles. The normalized spacial score (nSPS) is 41.3. The predicted octanol–water partition coefficient (Wildman–Crippen LogP) is 3.03. The lowest BCUT2D eigenvalue weighted by atomic mass is 9.83. The number of rotatable bonds is 2. The van der Waals surface area contributed by atoms with E-state index in [0.29, 0.717) is 5.41 Å². The van der Waals surface area contributed by atoms with Crippen molar-refractivity contribution in [3.05, 3.63) is 0 Å². The Kier molecular flexibility index (Phi) is 3.68. The molecule has 0 spiro atoms. The molecule has 3 rings (SSSR count). The van der Waals surface area contributed by atoms with Crippen LogP contribution in [0.2, 0.25) is 0 Å². The van der Waals surface area contributed by atoms with Gasteiger partial charge in [0, 0.05) is 18.6 Å². The summed E-state index contributed by atoms with van der Waals surface area (Å²) in [6.07, 6.45) is 10.0. The summed E-state index contributed by atoms with van der Waals surface area (Å²) in [5, 5.41) is 3.73. The molecular formula is C16H30N2. The van der Waals surface area contributed by atoms with Gasteiger partial charge in [0.05, 0.1) is 0 Å². The van der Waals surface area contributed by atoms with Crippen molar-refractivity contribution in [1.82, 2.24) is 10.2 Å². The minimum atomic E-state index is 0.561. The Bertz CT molecular complexity index is 281. The molecule has 104 valence electrons. The van der Waals surface area contributed by atoms with Gasteiger partial charge >= 0.3 is 0 Å². The second kappa shape index (κ2) is 5.13. The summed E-state index contributed by atoms with van der Waals surface area (Å²) in [5.41, 5.74) is 0.561. The summed E-state index contributed by atoms with van der Waals surface area (Å²) in [5.74, 6) is 0.928. The maximum absolute atomic E-state index is 3.73. The molecule has 1 saturated carbocycles. The van der Waals surface area contributed by atoms with E-state index in [0.717, 1.165) is 18.0 Å². The van der Waals surface area contributed by atoms with Crippen LogP contribution in [-0.2, 0) is 0 Å². The van der Waals surface area contributed by atoms with Crippen LogP contribution in [0.1, 0.15) is 58.8 Å². The Morgan fingerprint density at radius 2 is 1.94 bits per heavy atom. The molecule has 3 fully saturated rings. The van der Waals surface area contributed by atoms with Crippen molar-refractivity contribution in [2.75, 3.05) is 19.6 Å². The Labute approximate surface area is 113 Å². The average Bonchev–Trinajstić information content (AvgIpc) is 2.98. The zero-order valence-corrected chi connectivity index (χ0v) is 12.3. The van der Waals surface area contributed by atoms with E-state index in [-0.39, 0.29) is 0 Å². The van der Waals surface area contributed by atoms with Crippen molar-refractivity contribution < 1.29 is 0 Å². The van der Waals surface area contributed by atoms with Crippen LogP contribution in [0.5, 0.6) is 0 Å². The lowest BCUT2D eigenvalue weighted by molar-refractivity contribution is 0.0589. The first-order valence-corrected chi connectivity index (χ1v) is 8.14. The molecule has 3 unspecified atom stereocenters. The molecule has 0 aromatic rings. The molecule has 0 radical (unpaired) electrons. The summed E-state index contributed by atoms with van der Waals surface area (Å²) in [7, 11) is 0. The summed E-state index contributed by atoms with van der Waals surface area (Å²) >= 11 is 0. The van der Waals surface area contributed by atoms with Gasteiger partial charge in [-0.1, -0.05) is 20.3 Å². The van der Waals surface area contributed by atoms with Crippen LogP contribution in [0.25, 0.3) is 0 Å². The fraction of sp³-hybridized carbons (Fsp3) is 1.00. The smallest absolute Gasteiger partial charge is 0.0146 e. The standard InChI is InChI=1S/C16H30N2/c1-16(2)9-3-8-15(16)18-11-5-6-13(12-18)14-7-4-10-17-14/h13-15,17H,3-12H2,1-2H3. The van der Waals surface area contributed by atoms with Gasteiger partial charge in [-0.25, -0.2) is 0 Å². The first-order valence-electron chi connectivity index (χ1n) is 8.14. The van der Waals surface area contributed by atoms with Gasteiger partial charge in [0.2, 0.25) is 0 Å². The van der Waals surface area contributed by atoms with Gasteiger partial charge in [0.1, 0.15) is 0 Å². The van der Waals surface area contributed by atoms with E-state index in [9.17, 15) is 0 Å². The average molecular weight is 250 g/mol. The number of piperidine rings is 1. The molecule has 3 atom stereocenters. The zero-order valence-electron chi connectivity index (χ0n) is 12.3. The van der Waals surface area contributed by atoms with Crippen LogP contribution in [0.3, 0.4) is 0 Å². The molecule has 0 bridgehead atoms. The van der Waals surface area contributed by atoms with Gasteiger partial charge < -0.3 is 5.32 Å². The van der Waals surface area contributed by atoms with E-state index in [1.165, 1.54) is 64.6 Å². The first-order chi connectivity index (χ1) is 8.67. The van der Waals surface area contributed by atoms with Crippen molar-refractivity contribution in [1.29, 1.82) is 0 Å². The fourth-order valence-electron chi connectivity index (χ4n) is 4.75. The quantitative estimate of drug-likeness (QED) is 0.810. The Balaban J connectivity index is 1.63.